The van der Waals surface area contributed by atoms with E-state index in [0.29, 0.717) is 6.42 Å². The van der Waals surface area contributed by atoms with Gasteiger partial charge >= 0.3 is 0 Å². The maximum atomic E-state index is 12.1. The normalized spacial score (nSPS) is 16.4. The van der Waals surface area contributed by atoms with Crippen LogP contribution in [0, 0.1) is 19.3 Å². The van der Waals surface area contributed by atoms with Crippen molar-refractivity contribution >= 4 is 30.7 Å². The van der Waals surface area contributed by atoms with Crippen molar-refractivity contribution < 1.29 is 4.79 Å². The van der Waals surface area contributed by atoms with Crippen LogP contribution in [0.2, 0.25) is 0 Å². The third-order valence-corrected chi connectivity index (χ3v) is 4.52. The Hall–Kier alpha value is -0.780. The second-order valence-corrected chi connectivity index (χ2v) is 6.29. The minimum absolute atomic E-state index is 0. The number of amides is 1. The first-order chi connectivity index (χ1) is 9.41. The summed E-state index contributed by atoms with van der Waals surface area (Å²) < 4.78 is 1.84. The predicted molar refractivity (Wildman–Crippen MR) is 94.1 cm³/mol. The summed E-state index contributed by atoms with van der Waals surface area (Å²) in [5, 5.41) is 10.8. The Bertz CT molecular complexity index is 496. The molecule has 0 unspecified atom stereocenters. The highest BCUT2D eigenvalue weighted by Crippen LogP contribution is 2.26. The number of piperidine rings is 1. The van der Waals surface area contributed by atoms with Crippen molar-refractivity contribution in [1.82, 2.24) is 20.4 Å². The topological polar surface area (TPSA) is 59.0 Å². The van der Waals surface area contributed by atoms with Crippen molar-refractivity contribution in [3.8, 4) is 0 Å². The van der Waals surface area contributed by atoms with Crippen molar-refractivity contribution in [3.05, 3.63) is 17.0 Å². The van der Waals surface area contributed by atoms with Crippen LogP contribution >= 0.6 is 24.8 Å². The lowest BCUT2D eigenvalue weighted by Crippen LogP contribution is -2.43. The Labute approximate surface area is 145 Å². The molecule has 1 fully saturated rings. The average molecular weight is 351 g/mol. The van der Waals surface area contributed by atoms with Crippen molar-refractivity contribution in [2.75, 3.05) is 19.6 Å². The number of hydrogen-bond acceptors (Lipinski definition) is 3. The summed E-state index contributed by atoms with van der Waals surface area (Å²) in [6.07, 6.45) is 2.68. The summed E-state index contributed by atoms with van der Waals surface area (Å²) in [6, 6.07) is 0. The Balaban J connectivity index is 0.00000220. The molecule has 1 amide bonds. The fraction of sp³-hybridized carbons (Fsp3) is 0.733. The number of nitrogens with one attached hydrogen (secondary N) is 2. The Kier molecular flexibility index (Phi) is 8.44. The molecule has 0 saturated carbocycles. The molecule has 1 aromatic rings. The van der Waals surface area contributed by atoms with Crippen LogP contribution in [0.3, 0.4) is 0 Å². The zero-order valence-corrected chi connectivity index (χ0v) is 15.5. The molecule has 1 aliphatic heterocycles. The molecule has 1 saturated heterocycles. The molecule has 2 heterocycles. The van der Waals surface area contributed by atoms with Crippen LogP contribution in [0.1, 0.15) is 36.7 Å². The first-order valence-electron chi connectivity index (χ1n) is 7.38. The summed E-state index contributed by atoms with van der Waals surface area (Å²) in [4.78, 5) is 12.1. The average Bonchev–Trinajstić information content (AvgIpc) is 2.64. The highest BCUT2D eigenvalue weighted by molar-refractivity contribution is 5.85. The van der Waals surface area contributed by atoms with Gasteiger partial charge in [0.1, 0.15) is 0 Å². The summed E-state index contributed by atoms with van der Waals surface area (Å²) in [7, 11) is 1.92. The minimum atomic E-state index is 0. The van der Waals surface area contributed by atoms with Gasteiger partial charge in [-0.2, -0.15) is 5.10 Å². The van der Waals surface area contributed by atoms with Gasteiger partial charge < -0.3 is 10.6 Å². The molecule has 1 aromatic heterocycles. The number of rotatable bonds is 4. The Morgan fingerprint density at radius 1 is 1.32 bits per heavy atom. The number of aryl methyl sites for hydroxylation is 2. The monoisotopic (exact) mass is 350 g/mol. The third kappa shape index (κ3) is 5.14. The fourth-order valence-electron chi connectivity index (χ4n) is 2.82. The molecule has 0 spiro atoms. The number of carbonyl (C=O) groups excluding carboxylic acids is 1. The van der Waals surface area contributed by atoms with Crippen molar-refractivity contribution in [2.45, 2.75) is 40.0 Å². The van der Waals surface area contributed by atoms with Gasteiger partial charge in [0.05, 0.1) is 12.1 Å². The molecule has 0 aliphatic carbocycles. The lowest BCUT2D eigenvalue weighted by Gasteiger charge is -2.34. The molecule has 0 bridgehead atoms. The van der Waals surface area contributed by atoms with Crippen molar-refractivity contribution in [1.29, 1.82) is 0 Å². The standard InChI is InChI=1S/C15H26N4O.2ClH/c1-11-13(12(2)19(4)18-11)9-14(20)17-10-15(3)5-7-16-8-6-15;;/h16H,5-10H2,1-4H3,(H,17,20);2*1H. The third-order valence-electron chi connectivity index (χ3n) is 4.52. The van der Waals surface area contributed by atoms with Gasteiger partial charge in [-0.3, -0.25) is 9.48 Å². The van der Waals surface area contributed by atoms with Gasteiger partial charge in [-0.25, -0.2) is 0 Å². The van der Waals surface area contributed by atoms with Crippen LogP contribution in [-0.4, -0.2) is 35.3 Å². The van der Waals surface area contributed by atoms with Gasteiger partial charge in [0.15, 0.2) is 0 Å². The van der Waals surface area contributed by atoms with Gasteiger partial charge in [0.2, 0.25) is 5.91 Å². The highest BCUT2D eigenvalue weighted by atomic mass is 35.5. The predicted octanol–water partition coefficient (Wildman–Crippen LogP) is 1.93. The highest BCUT2D eigenvalue weighted by Gasteiger charge is 2.27. The van der Waals surface area contributed by atoms with E-state index >= 15 is 0 Å². The smallest absolute Gasteiger partial charge is 0.224 e. The van der Waals surface area contributed by atoms with Gasteiger partial charge in [-0.05, 0) is 45.2 Å². The first kappa shape index (κ1) is 21.2. The molecule has 2 N–H and O–H groups in total. The first-order valence-corrected chi connectivity index (χ1v) is 7.38. The maximum absolute atomic E-state index is 12.1. The van der Waals surface area contributed by atoms with E-state index in [1.807, 2.05) is 25.6 Å². The van der Waals surface area contributed by atoms with Crippen LogP contribution in [0.4, 0.5) is 0 Å². The lowest BCUT2D eigenvalue weighted by molar-refractivity contribution is -0.121. The van der Waals surface area contributed by atoms with Gasteiger partial charge in [-0.1, -0.05) is 6.92 Å². The van der Waals surface area contributed by atoms with Gasteiger partial charge in [0, 0.05) is 24.8 Å². The van der Waals surface area contributed by atoms with E-state index in [1.54, 1.807) is 0 Å². The maximum Gasteiger partial charge on any atom is 0.224 e. The Morgan fingerprint density at radius 2 is 1.91 bits per heavy atom. The molecular formula is C15H28Cl2N4O. The number of carbonyl (C=O) groups is 1. The van der Waals surface area contributed by atoms with Crippen LogP contribution in [-0.2, 0) is 18.3 Å². The molecule has 7 heteroatoms. The van der Waals surface area contributed by atoms with E-state index in [9.17, 15) is 4.79 Å². The minimum Gasteiger partial charge on any atom is -0.355 e. The summed E-state index contributed by atoms with van der Waals surface area (Å²) in [5.74, 6) is 0.101. The summed E-state index contributed by atoms with van der Waals surface area (Å²) in [5.41, 5.74) is 3.32. The number of nitrogens with zero attached hydrogens (tertiary/aromatic N) is 2. The quantitative estimate of drug-likeness (QED) is 0.872. The van der Waals surface area contributed by atoms with Crippen LogP contribution in [0.5, 0.6) is 0 Å². The van der Waals surface area contributed by atoms with E-state index in [0.717, 1.165) is 49.4 Å². The van der Waals surface area contributed by atoms with Crippen LogP contribution in [0.15, 0.2) is 0 Å². The number of aromatic nitrogens is 2. The molecule has 0 aromatic carbocycles. The molecule has 22 heavy (non-hydrogen) atoms. The Morgan fingerprint density at radius 3 is 2.41 bits per heavy atom. The molecular weight excluding hydrogens is 323 g/mol. The zero-order chi connectivity index (χ0) is 14.8. The van der Waals surface area contributed by atoms with Gasteiger partial charge in [-0.15, -0.1) is 24.8 Å². The van der Waals surface area contributed by atoms with E-state index in [2.05, 4.69) is 22.7 Å². The fourth-order valence-corrected chi connectivity index (χ4v) is 2.82. The van der Waals surface area contributed by atoms with Gasteiger partial charge in [0.25, 0.3) is 0 Å². The largest absolute Gasteiger partial charge is 0.355 e. The molecule has 0 radical (unpaired) electrons. The zero-order valence-electron chi connectivity index (χ0n) is 13.9. The van der Waals surface area contributed by atoms with Crippen LogP contribution in [0.25, 0.3) is 0 Å². The number of hydrogen-bond donors (Lipinski definition) is 2. The second kappa shape index (κ2) is 8.75. The van der Waals surface area contributed by atoms with E-state index in [1.165, 1.54) is 0 Å². The SMILES string of the molecule is Cc1nn(C)c(C)c1CC(=O)NCC1(C)CCNCC1.Cl.Cl. The molecule has 1 aliphatic rings. The van der Waals surface area contributed by atoms with Crippen molar-refractivity contribution in [3.63, 3.8) is 0 Å². The summed E-state index contributed by atoms with van der Waals surface area (Å²) >= 11 is 0. The lowest BCUT2D eigenvalue weighted by atomic mass is 9.81. The van der Waals surface area contributed by atoms with E-state index in [-0.39, 0.29) is 36.1 Å². The molecule has 128 valence electrons. The van der Waals surface area contributed by atoms with E-state index in [4.69, 9.17) is 0 Å². The number of halogens is 2. The van der Waals surface area contributed by atoms with Crippen LogP contribution < -0.4 is 10.6 Å². The molecule has 5 nitrogen and oxygen atoms in total. The second-order valence-electron chi connectivity index (χ2n) is 6.29. The van der Waals surface area contributed by atoms with E-state index < -0.39 is 0 Å². The molecule has 2 rings (SSSR count). The summed E-state index contributed by atoms with van der Waals surface area (Å²) in [6.45, 7) is 9.10. The molecule has 0 atom stereocenters. The van der Waals surface area contributed by atoms with Crippen molar-refractivity contribution in [2.24, 2.45) is 12.5 Å².